The standard InChI is InChI=1S/C16H20N2OS/c1-3-5-12(2)10-15(19)18-14-7-4-6-13(11-14)16-17-8-9-20-16/h4,6-9,11-12H,3,5,10H2,1-2H3,(H,18,19). The van der Waals surface area contributed by atoms with Gasteiger partial charge in [0.1, 0.15) is 5.01 Å². The number of rotatable bonds is 6. The van der Waals surface area contributed by atoms with Crippen LogP contribution in [-0.2, 0) is 4.79 Å². The lowest BCUT2D eigenvalue weighted by Gasteiger charge is -2.10. The van der Waals surface area contributed by atoms with Crippen LogP contribution in [0.25, 0.3) is 10.6 Å². The molecule has 0 aliphatic carbocycles. The molecule has 0 saturated heterocycles. The second-order valence-corrected chi connectivity index (χ2v) is 5.96. The molecule has 1 unspecified atom stereocenters. The second-order valence-electron chi connectivity index (χ2n) is 5.06. The molecule has 0 saturated carbocycles. The number of hydrogen-bond donors (Lipinski definition) is 1. The number of hydrogen-bond acceptors (Lipinski definition) is 3. The molecule has 0 bridgehead atoms. The van der Waals surface area contributed by atoms with Gasteiger partial charge in [-0.1, -0.05) is 38.8 Å². The molecule has 1 amide bonds. The third kappa shape index (κ3) is 4.17. The minimum absolute atomic E-state index is 0.0854. The first-order valence-corrected chi connectivity index (χ1v) is 7.86. The molecule has 1 aromatic heterocycles. The van der Waals surface area contributed by atoms with Gasteiger partial charge in [-0.25, -0.2) is 4.98 Å². The topological polar surface area (TPSA) is 42.0 Å². The SMILES string of the molecule is CCCC(C)CC(=O)Nc1cccc(-c2nccs2)c1. The van der Waals surface area contributed by atoms with E-state index in [4.69, 9.17) is 0 Å². The van der Waals surface area contributed by atoms with E-state index in [1.807, 2.05) is 29.6 Å². The van der Waals surface area contributed by atoms with E-state index >= 15 is 0 Å². The van der Waals surface area contributed by atoms with Crippen molar-refractivity contribution < 1.29 is 4.79 Å². The summed E-state index contributed by atoms with van der Waals surface area (Å²) < 4.78 is 0. The first-order valence-electron chi connectivity index (χ1n) is 6.98. The summed E-state index contributed by atoms with van der Waals surface area (Å²) in [6, 6.07) is 7.84. The fourth-order valence-corrected chi connectivity index (χ4v) is 2.85. The predicted octanol–water partition coefficient (Wildman–Crippen LogP) is 4.57. The number of carbonyl (C=O) groups is 1. The lowest BCUT2D eigenvalue weighted by atomic mass is 10.0. The molecule has 106 valence electrons. The van der Waals surface area contributed by atoms with Crippen molar-refractivity contribution in [3.8, 4) is 10.6 Å². The van der Waals surface area contributed by atoms with Crippen molar-refractivity contribution in [2.75, 3.05) is 5.32 Å². The monoisotopic (exact) mass is 288 g/mol. The fourth-order valence-electron chi connectivity index (χ4n) is 2.22. The van der Waals surface area contributed by atoms with Crippen LogP contribution in [0.5, 0.6) is 0 Å². The molecule has 1 heterocycles. The van der Waals surface area contributed by atoms with Gasteiger partial charge < -0.3 is 5.32 Å². The van der Waals surface area contributed by atoms with Gasteiger partial charge in [0.2, 0.25) is 5.91 Å². The van der Waals surface area contributed by atoms with Crippen molar-refractivity contribution >= 4 is 22.9 Å². The van der Waals surface area contributed by atoms with Crippen LogP contribution in [0.1, 0.15) is 33.1 Å². The number of nitrogens with zero attached hydrogens (tertiary/aromatic N) is 1. The molecule has 0 aliphatic rings. The van der Waals surface area contributed by atoms with E-state index in [0.29, 0.717) is 12.3 Å². The zero-order valence-electron chi connectivity index (χ0n) is 11.9. The number of carbonyl (C=O) groups excluding carboxylic acids is 1. The second kappa shape index (κ2) is 7.20. The number of thiazole rings is 1. The Balaban J connectivity index is 1.99. The summed E-state index contributed by atoms with van der Waals surface area (Å²) in [6.45, 7) is 4.26. The molecule has 1 N–H and O–H groups in total. The summed E-state index contributed by atoms with van der Waals surface area (Å²) in [5.41, 5.74) is 1.88. The molecule has 0 spiro atoms. The first kappa shape index (κ1) is 14.7. The normalized spacial score (nSPS) is 12.1. The molecular weight excluding hydrogens is 268 g/mol. The van der Waals surface area contributed by atoms with Crippen LogP contribution in [0.2, 0.25) is 0 Å². The van der Waals surface area contributed by atoms with Crippen molar-refractivity contribution in [1.82, 2.24) is 4.98 Å². The molecule has 2 rings (SSSR count). The highest BCUT2D eigenvalue weighted by Crippen LogP contribution is 2.24. The molecule has 20 heavy (non-hydrogen) atoms. The van der Waals surface area contributed by atoms with E-state index in [2.05, 4.69) is 24.1 Å². The Bertz CT molecular complexity index is 551. The third-order valence-electron chi connectivity index (χ3n) is 3.14. The Hall–Kier alpha value is -1.68. The van der Waals surface area contributed by atoms with Crippen LogP contribution < -0.4 is 5.32 Å². The maximum atomic E-state index is 12.0. The summed E-state index contributed by atoms with van der Waals surface area (Å²) >= 11 is 1.60. The van der Waals surface area contributed by atoms with Gasteiger partial charge in [-0.2, -0.15) is 0 Å². The molecule has 0 radical (unpaired) electrons. The first-order chi connectivity index (χ1) is 9.69. The van der Waals surface area contributed by atoms with Crippen LogP contribution in [-0.4, -0.2) is 10.9 Å². The predicted molar refractivity (Wildman–Crippen MR) is 84.9 cm³/mol. The molecule has 1 atom stereocenters. The zero-order valence-corrected chi connectivity index (χ0v) is 12.7. The summed E-state index contributed by atoms with van der Waals surface area (Å²) in [7, 11) is 0. The van der Waals surface area contributed by atoms with E-state index in [-0.39, 0.29) is 5.91 Å². The minimum Gasteiger partial charge on any atom is -0.326 e. The molecule has 3 nitrogen and oxygen atoms in total. The van der Waals surface area contributed by atoms with Gasteiger partial charge in [-0.15, -0.1) is 11.3 Å². The average Bonchev–Trinajstić information content (AvgIpc) is 2.92. The zero-order chi connectivity index (χ0) is 14.4. The average molecular weight is 288 g/mol. The van der Waals surface area contributed by atoms with Crippen molar-refractivity contribution in [2.24, 2.45) is 5.92 Å². The van der Waals surface area contributed by atoms with Gasteiger partial charge in [-0.05, 0) is 18.1 Å². The molecule has 2 aromatic rings. The lowest BCUT2D eigenvalue weighted by Crippen LogP contribution is -2.15. The van der Waals surface area contributed by atoms with Gasteiger partial charge in [0.05, 0.1) is 0 Å². The number of anilines is 1. The third-order valence-corrected chi connectivity index (χ3v) is 3.96. The van der Waals surface area contributed by atoms with Crippen molar-refractivity contribution in [3.63, 3.8) is 0 Å². The Morgan fingerprint density at radius 3 is 3.00 bits per heavy atom. The van der Waals surface area contributed by atoms with E-state index in [1.54, 1.807) is 17.5 Å². The van der Waals surface area contributed by atoms with Crippen LogP contribution in [0, 0.1) is 5.92 Å². The summed E-state index contributed by atoms with van der Waals surface area (Å²) in [5.74, 6) is 0.518. The largest absolute Gasteiger partial charge is 0.326 e. The number of amides is 1. The molecule has 1 aromatic carbocycles. The number of benzene rings is 1. The highest BCUT2D eigenvalue weighted by atomic mass is 32.1. The van der Waals surface area contributed by atoms with Crippen LogP contribution in [0.15, 0.2) is 35.8 Å². The summed E-state index contributed by atoms with van der Waals surface area (Å²) in [5, 5.41) is 5.90. The highest BCUT2D eigenvalue weighted by molar-refractivity contribution is 7.13. The van der Waals surface area contributed by atoms with Crippen molar-refractivity contribution in [3.05, 3.63) is 35.8 Å². The van der Waals surface area contributed by atoms with E-state index in [0.717, 1.165) is 29.1 Å². The fraction of sp³-hybridized carbons (Fsp3) is 0.375. The highest BCUT2D eigenvalue weighted by Gasteiger charge is 2.09. The summed E-state index contributed by atoms with van der Waals surface area (Å²) in [4.78, 5) is 16.3. The lowest BCUT2D eigenvalue weighted by molar-refractivity contribution is -0.117. The molecule has 0 aliphatic heterocycles. The van der Waals surface area contributed by atoms with E-state index < -0.39 is 0 Å². The van der Waals surface area contributed by atoms with Gasteiger partial charge >= 0.3 is 0 Å². The Morgan fingerprint density at radius 2 is 2.30 bits per heavy atom. The van der Waals surface area contributed by atoms with E-state index in [9.17, 15) is 4.79 Å². The van der Waals surface area contributed by atoms with E-state index in [1.165, 1.54) is 0 Å². The number of nitrogens with one attached hydrogen (secondary N) is 1. The van der Waals surface area contributed by atoms with Crippen LogP contribution in [0.4, 0.5) is 5.69 Å². The number of aromatic nitrogens is 1. The Morgan fingerprint density at radius 1 is 1.45 bits per heavy atom. The Kier molecular flexibility index (Phi) is 5.30. The van der Waals surface area contributed by atoms with Crippen molar-refractivity contribution in [2.45, 2.75) is 33.1 Å². The van der Waals surface area contributed by atoms with Gasteiger partial charge in [-0.3, -0.25) is 4.79 Å². The smallest absolute Gasteiger partial charge is 0.224 e. The molecule has 4 heteroatoms. The maximum Gasteiger partial charge on any atom is 0.224 e. The van der Waals surface area contributed by atoms with Crippen molar-refractivity contribution in [1.29, 1.82) is 0 Å². The molecule has 0 fully saturated rings. The maximum absolute atomic E-state index is 12.0. The van der Waals surface area contributed by atoms with Crippen LogP contribution >= 0.6 is 11.3 Å². The molecular formula is C16H20N2OS. The van der Waals surface area contributed by atoms with Crippen LogP contribution in [0.3, 0.4) is 0 Å². The summed E-state index contributed by atoms with van der Waals surface area (Å²) in [6.07, 6.45) is 4.58. The quantitative estimate of drug-likeness (QED) is 0.845. The van der Waals surface area contributed by atoms with Gasteiger partial charge in [0.25, 0.3) is 0 Å². The Labute approximate surface area is 124 Å². The minimum atomic E-state index is 0.0854. The van der Waals surface area contributed by atoms with Gasteiger partial charge in [0, 0.05) is 29.2 Å². The van der Waals surface area contributed by atoms with Gasteiger partial charge in [0.15, 0.2) is 0 Å².